The topological polar surface area (TPSA) is 58.4 Å². The van der Waals surface area contributed by atoms with Gasteiger partial charge in [0, 0.05) is 18.3 Å². The maximum atomic E-state index is 10.9. The summed E-state index contributed by atoms with van der Waals surface area (Å²) in [6.45, 7) is 1.18. The van der Waals surface area contributed by atoms with Gasteiger partial charge in [0.05, 0.1) is 6.54 Å². The summed E-state index contributed by atoms with van der Waals surface area (Å²) in [6.07, 6.45) is 0.965. The van der Waals surface area contributed by atoms with E-state index in [1.165, 1.54) is 11.3 Å². The Morgan fingerprint density at radius 3 is 3.06 bits per heavy atom. The average molecular weight is 219 g/mol. The minimum atomic E-state index is -0.277. The highest BCUT2D eigenvalue weighted by Crippen LogP contribution is 2.22. The number of anilines is 1. The molecule has 0 bridgehead atoms. The number of nitrogens with zero attached hydrogens (tertiary/aromatic N) is 1. The molecule has 0 saturated heterocycles. The van der Waals surface area contributed by atoms with Crippen LogP contribution in [0.3, 0.4) is 0 Å². The Kier molecular flexibility index (Phi) is 3.10. The van der Waals surface area contributed by atoms with Crippen molar-refractivity contribution in [1.29, 1.82) is 0 Å². The van der Waals surface area contributed by atoms with Crippen LogP contribution in [0.4, 0.5) is 5.69 Å². The molecule has 0 spiro atoms. The third kappa shape index (κ3) is 2.33. The third-order valence-corrected chi connectivity index (χ3v) is 3.03. The Hall–Kier alpha value is -1.55. The second kappa shape index (κ2) is 4.53. The van der Waals surface area contributed by atoms with Crippen LogP contribution in [0.25, 0.3) is 0 Å². The van der Waals surface area contributed by atoms with E-state index >= 15 is 0 Å². The van der Waals surface area contributed by atoms with Gasteiger partial charge in [0.15, 0.2) is 0 Å². The van der Waals surface area contributed by atoms with Crippen LogP contribution in [-0.2, 0) is 11.2 Å². The fourth-order valence-electron chi connectivity index (χ4n) is 2.11. The molecule has 4 nitrogen and oxygen atoms in total. The van der Waals surface area contributed by atoms with Gasteiger partial charge >= 0.3 is 0 Å². The number of nitrogens with one attached hydrogen (secondary N) is 1. The number of likely N-dealkylation sites (N-methyl/N-ethyl adjacent to an activating group) is 1. The van der Waals surface area contributed by atoms with Crippen molar-refractivity contribution in [3.8, 4) is 0 Å². The number of carbonyl (C=O) groups is 1. The van der Waals surface area contributed by atoms with E-state index in [-0.39, 0.29) is 5.91 Å². The number of hydrogen-bond acceptors (Lipinski definition) is 3. The first kappa shape index (κ1) is 11.0. The summed E-state index contributed by atoms with van der Waals surface area (Å²) in [7, 11) is 1.94. The van der Waals surface area contributed by atoms with Crippen molar-refractivity contribution >= 4 is 11.6 Å². The molecule has 0 fully saturated rings. The fraction of sp³-hybridized carbons (Fsp3) is 0.417. The van der Waals surface area contributed by atoms with Gasteiger partial charge in [-0.1, -0.05) is 18.2 Å². The van der Waals surface area contributed by atoms with Crippen molar-refractivity contribution in [2.75, 3.05) is 25.5 Å². The monoisotopic (exact) mass is 219 g/mol. The van der Waals surface area contributed by atoms with Crippen LogP contribution in [0.5, 0.6) is 0 Å². The van der Waals surface area contributed by atoms with E-state index in [9.17, 15) is 4.79 Å². The summed E-state index contributed by atoms with van der Waals surface area (Å²) in [4.78, 5) is 12.9. The molecule has 1 heterocycles. The number of primary amides is 1. The Morgan fingerprint density at radius 2 is 2.31 bits per heavy atom. The molecule has 2 rings (SSSR count). The van der Waals surface area contributed by atoms with Gasteiger partial charge in [-0.25, -0.2) is 0 Å². The normalized spacial score (nSPS) is 19.0. The van der Waals surface area contributed by atoms with Gasteiger partial charge < -0.3 is 11.1 Å². The van der Waals surface area contributed by atoms with Gasteiger partial charge in [0.2, 0.25) is 5.91 Å². The predicted octanol–water partition coefficient (Wildman–Crippen LogP) is 0.440. The van der Waals surface area contributed by atoms with Crippen LogP contribution in [0.1, 0.15) is 5.56 Å². The van der Waals surface area contributed by atoms with Gasteiger partial charge in [-0.05, 0) is 25.1 Å². The zero-order valence-electron chi connectivity index (χ0n) is 9.44. The molecule has 1 amide bonds. The lowest BCUT2D eigenvalue weighted by Gasteiger charge is -2.32. The molecule has 1 atom stereocenters. The molecule has 1 aromatic carbocycles. The molecule has 16 heavy (non-hydrogen) atoms. The largest absolute Gasteiger partial charge is 0.383 e. The number of hydrogen-bond donors (Lipinski definition) is 2. The molecule has 3 N–H and O–H groups in total. The molecule has 1 aliphatic rings. The lowest BCUT2D eigenvalue weighted by atomic mass is 9.99. The number of nitrogens with two attached hydrogens (primary N) is 1. The molecule has 0 aliphatic carbocycles. The molecular weight excluding hydrogens is 202 g/mol. The van der Waals surface area contributed by atoms with Gasteiger partial charge in [0.1, 0.15) is 0 Å². The van der Waals surface area contributed by atoms with E-state index in [2.05, 4.69) is 17.4 Å². The maximum absolute atomic E-state index is 10.9. The van der Waals surface area contributed by atoms with E-state index in [1.807, 2.05) is 24.1 Å². The Labute approximate surface area is 95.4 Å². The van der Waals surface area contributed by atoms with Crippen LogP contribution in [0.2, 0.25) is 0 Å². The Balaban J connectivity index is 2.05. The second-order valence-corrected chi connectivity index (χ2v) is 4.28. The standard InChI is InChI=1S/C12H17N3O/c1-15(8-12(13)16)10-6-9-4-2-3-5-11(9)14-7-10/h2-5,10,14H,6-8H2,1H3,(H2,13,16). The first-order valence-corrected chi connectivity index (χ1v) is 5.47. The fourth-order valence-corrected chi connectivity index (χ4v) is 2.11. The van der Waals surface area contributed by atoms with E-state index < -0.39 is 0 Å². The lowest BCUT2D eigenvalue weighted by Crippen LogP contribution is -2.45. The van der Waals surface area contributed by atoms with Crippen LogP contribution >= 0.6 is 0 Å². The third-order valence-electron chi connectivity index (χ3n) is 3.03. The van der Waals surface area contributed by atoms with Gasteiger partial charge in [-0.15, -0.1) is 0 Å². The van der Waals surface area contributed by atoms with Crippen molar-refractivity contribution in [3.63, 3.8) is 0 Å². The van der Waals surface area contributed by atoms with E-state index in [1.54, 1.807) is 0 Å². The highest BCUT2D eigenvalue weighted by molar-refractivity contribution is 5.76. The predicted molar refractivity (Wildman–Crippen MR) is 64.2 cm³/mol. The Morgan fingerprint density at radius 1 is 1.56 bits per heavy atom. The van der Waals surface area contributed by atoms with Crippen molar-refractivity contribution in [3.05, 3.63) is 29.8 Å². The average Bonchev–Trinajstić information content (AvgIpc) is 2.27. The maximum Gasteiger partial charge on any atom is 0.231 e. The number of amides is 1. The molecular formula is C12H17N3O. The first-order chi connectivity index (χ1) is 7.66. The molecule has 4 heteroatoms. The van der Waals surface area contributed by atoms with Gasteiger partial charge in [-0.3, -0.25) is 9.69 Å². The van der Waals surface area contributed by atoms with Crippen LogP contribution < -0.4 is 11.1 Å². The summed E-state index contributed by atoms with van der Waals surface area (Å²) in [5, 5.41) is 3.37. The molecule has 0 aromatic heterocycles. The highest BCUT2D eigenvalue weighted by Gasteiger charge is 2.21. The summed E-state index contributed by atoms with van der Waals surface area (Å²) >= 11 is 0. The zero-order chi connectivity index (χ0) is 11.5. The van der Waals surface area contributed by atoms with Crippen molar-refractivity contribution in [2.45, 2.75) is 12.5 Å². The van der Waals surface area contributed by atoms with Crippen molar-refractivity contribution in [1.82, 2.24) is 4.90 Å². The molecule has 1 aromatic rings. The highest BCUT2D eigenvalue weighted by atomic mass is 16.1. The van der Waals surface area contributed by atoms with Crippen LogP contribution in [0, 0.1) is 0 Å². The summed E-state index contributed by atoms with van der Waals surface area (Å²) < 4.78 is 0. The van der Waals surface area contributed by atoms with E-state index in [4.69, 9.17) is 5.73 Å². The smallest absolute Gasteiger partial charge is 0.231 e. The summed E-state index contributed by atoms with van der Waals surface area (Å²) in [5.41, 5.74) is 7.69. The zero-order valence-corrected chi connectivity index (χ0v) is 9.44. The van der Waals surface area contributed by atoms with Crippen LogP contribution in [0.15, 0.2) is 24.3 Å². The number of rotatable bonds is 3. The lowest BCUT2D eigenvalue weighted by molar-refractivity contribution is -0.119. The van der Waals surface area contributed by atoms with Crippen molar-refractivity contribution < 1.29 is 4.79 Å². The second-order valence-electron chi connectivity index (χ2n) is 4.28. The van der Waals surface area contributed by atoms with Crippen molar-refractivity contribution in [2.24, 2.45) is 5.73 Å². The van der Waals surface area contributed by atoms with E-state index in [0.29, 0.717) is 12.6 Å². The Bertz CT molecular complexity index is 392. The number of fused-ring (bicyclic) bond motifs is 1. The molecule has 0 radical (unpaired) electrons. The minimum absolute atomic E-state index is 0.277. The molecule has 1 unspecified atom stereocenters. The van der Waals surface area contributed by atoms with Gasteiger partial charge in [-0.2, -0.15) is 0 Å². The number of para-hydroxylation sites is 1. The minimum Gasteiger partial charge on any atom is -0.383 e. The van der Waals surface area contributed by atoms with Gasteiger partial charge in [0.25, 0.3) is 0 Å². The first-order valence-electron chi connectivity index (χ1n) is 5.47. The molecule has 0 saturated carbocycles. The molecule has 1 aliphatic heterocycles. The van der Waals surface area contributed by atoms with Crippen LogP contribution in [-0.4, -0.2) is 37.0 Å². The molecule has 86 valence electrons. The SMILES string of the molecule is CN(CC(N)=O)C1CNc2ccccc2C1. The number of benzene rings is 1. The van der Waals surface area contributed by atoms with E-state index in [0.717, 1.165) is 13.0 Å². The summed E-state index contributed by atoms with van der Waals surface area (Å²) in [6, 6.07) is 8.60. The quantitative estimate of drug-likeness (QED) is 0.775. The summed E-state index contributed by atoms with van der Waals surface area (Å²) in [5.74, 6) is -0.277. The number of carbonyl (C=O) groups excluding carboxylic acids is 1.